The molecule has 0 atom stereocenters. The van der Waals surface area contributed by atoms with Crippen LogP contribution in [0.3, 0.4) is 0 Å². The first-order valence-corrected chi connectivity index (χ1v) is 9.48. The Hall–Kier alpha value is -3.06. The molecule has 0 radical (unpaired) electrons. The summed E-state index contributed by atoms with van der Waals surface area (Å²) in [5.74, 6) is 1.80. The van der Waals surface area contributed by atoms with Crippen LogP contribution in [0.25, 0.3) is 16.6 Å². The van der Waals surface area contributed by atoms with Gasteiger partial charge in [-0.05, 0) is 24.6 Å². The van der Waals surface area contributed by atoms with Crippen LogP contribution in [-0.4, -0.2) is 32.9 Å². The van der Waals surface area contributed by atoms with E-state index in [1.165, 1.54) is 11.8 Å². The number of hydrogen-bond donors (Lipinski definition) is 0. The van der Waals surface area contributed by atoms with Crippen molar-refractivity contribution in [2.24, 2.45) is 0 Å². The monoisotopic (exact) mass is 377 g/mol. The van der Waals surface area contributed by atoms with Gasteiger partial charge in [0.1, 0.15) is 0 Å². The fraction of sp³-hybridized carbons (Fsp3) is 0.150. The lowest BCUT2D eigenvalue weighted by Gasteiger charge is -2.08. The van der Waals surface area contributed by atoms with Gasteiger partial charge in [-0.15, -0.1) is 10.2 Å². The van der Waals surface area contributed by atoms with E-state index in [0.717, 1.165) is 27.9 Å². The molecule has 2 aromatic carbocycles. The molecular formula is C20H15N3O3S. The van der Waals surface area contributed by atoms with E-state index in [4.69, 9.17) is 9.47 Å². The lowest BCUT2D eigenvalue weighted by atomic mass is 10.1. The molecule has 4 aromatic rings. The molecule has 2 aromatic heterocycles. The van der Waals surface area contributed by atoms with Crippen LogP contribution in [0, 0.1) is 6.92 Å². The minimum atomic E-state index is 0.0620. The van der Waals surface area contributed by atoms with E-state index in [0.29, 0.717) is 22.2 Å². The van der Waals surface area contributed by atoms with Crippen molar-refractivity contribution in [2.75, 3.05) is 12.5 Å². The molecule has 0 aliphatic carbocycles. The van der Waals surface area contributed by atoms with Crippen LogP contribution in [-0.2, 0) is 0 Å². The zero-order valence-corrected chi connectivity index (χ0v) is 15.3. The van der Waals surface area contributed by atoms with E-state index in [1.807, 2.05) is 53.8 Å². The van der Waals surface area contributed by atoms with E-state index in [9.17, 15) is 4.79 Å². The van der Waals surface area contributed by atoms with Crippen molar-refractivity contribution in [1.82, 2.24) is 14.6 Å². The summed E-state index contributed by atoms with van der Waals surface area (Å²) in [6.45, 7) is 2.22. The van der Waals surface area contributed by atoms with Gasteiger partial charge in [0.05, 0.1) is 11.3 Å². The smallest absolute Gasteiger partial charge is 0.231 e. The molecule has 134 valence electrons. The molecule has 0 spiro atoms. The number of ketones is 1. The van der Waals surface area contributed by atoms with Crippen LogP contribution in [0.2, 0.25) is 0 Å². The Labute approximate surface area is 159 Å². The van der Waals surface area contributed by atoms with Crippen molar-refractivity contribution >= 4 is 34.1 Å². The molecule has 0 bridgehead atoms. The summed E-state index contributed by atoms with van der Waals surface area (Å²) >= 11 is 1.38. The third-order valence-corrected chi connectivity index (χ3v) is 5.48. The maximum absolute atomic E-state index is 12.4. The van der Waals surface area contributed by atoms with Gasteiger partial charge in [0.25, 0.3) is 0 Å². The predicted octanol–water partition coefficient (Wildman–Crippen LogP) is 3.89. The predicted molar refractivity (Wildman–Crippen MR) is 103 cm³/mol. The minimum absolute atomic E-state index is 0.0620. The number of rotatable bonds is 4. The summed E-state index contributed by atoms with van der Waals surface area (Å²) in [6, 6.07) is 15.2. The number of aromatic nitrogens is 3. The molecule has 0 amide bonds. The normalized spacial score (nSPS) is 12.8. The highest BCUT2D eigenvalue weighted by Crippen LogP contribution is 2.37. The molecule has 0 unspecified atom stereocenters. The lowest BCUT2D eigenvalue weighted by Crippen LogP contribution is -2.03. The Morgan fingerprint density at radius 3 is 2.70 bits per heavy atom. The van der Waals surface area contributed by atoms with Crippen molar-refractivity contribution in [3.63, 3.8) is 0 Å². The SMILES string of the molecule is Cc1cc2cc3c(cc2n2c(SCC(=O)c4ccccc4)nnc12)OCO3. The summed E-state index contributed by atoms with van der Waals surface area (Å²) in [5, 5.41) is 10.3. The van der Waals surface area contributed by atoms with Gasteiger partial charge in [-0.3, -0.25) is 9.20 Å². The second kappa shape index (κ2) is 6.28. The van der Waals surface area contributed by atoms with Gasteiger partial charge in [-0.2, -0.15) is 0 Å². The zero-order valence-electron chi connectivity index (χ0n) is 14.5. The van der Waals surface area contributed by atoms with Crippen molar-refractivity contribution in [3.05, 3.63) is 59.7 Å². The van der Waals surface area contributed by atoms with Gasteiger partial charge in [0, 0.05) is 17.0 Å². The summed E-state index contributed by atoms with van der Waals surface area (Å²) in [5.41, 5.74) is 3.41. The topological polar surface area (TPSA) is 65.7 Å². The lowest BCUT2D eigenvalue weighted by molar-refractivity contribution is 0.102. The van der Waals surface area contributed by atoms with Gasteiger partial charge in [0.15, 0.2) is 28.1 Å². The number of carbonyl (C=O) groups excluding carboxylic acids is 1. The Bertz CT molecular complexity index is 1190. The fourth-order valence-electron chi connectivity index (χ4n) is 3.23. The number of fused-ring (bicyclic) bond motifs is 4. The molecule has 1 aliphatic heterocycles. The Morgan fingerprint density at radius 1 is 1.11 bits per heavy atom. The number of Topliss-reactive ketones (excluding diaryl/α,β-unsaturated/α-hetero) is 1. The van der Waals surface area contributed by atoms with Crippen LogP contribution < -0.4 is 9.47 Å². The van der Waals surface area contributed by atoms with E-state index in [2.05, 4.69) is 16.3 Å². The highest BCUT2D eigenvalue weighted by molar-refractivity contribution is 7.99. The quantitative estimate of drug-likeness (QED) is 0.397. The fourth-order valence-corrected chi connectivity index (χ4v) is 4.07. The highest BCUT2D eigenvalue weighted by atomic mass is 32.2. The average molecular weight is 377 g/mol. The number of hydrogen-bond acceptors (Lipinski definition) is 6. The number of thioether (sulfide) groups is 1. The first kappa shape index (κ1) is 16.1. The van der Waals surface area contributed by atoms with Crippen LogP contribution in [0.4, 0.5) is 0 Å². The first-order chi connectivity index (χ1) is 13.2. The standard InChI is InChI=1S/C20H15N3O3S/c1-12-7-14-8-17-18(26-11-25-17)9-15(14)23-19(12)21-22-20(23)27-10-16(24)13-5-3-2-4-6-13/h2-9H,10-11H2,1H3. The third-order valence-electron chi connectivity index (χ3n) is 4.55. The first-order valence-electron chi connectivity index (χ1n) is 8.50. The van der Waals surface area contributed by atoms with Crippen molar-refractivity contribution in [1.29, 1.82) is 0 Å². The maximum Gasteiger partial charge on any atom is 0.231 e. The Kier molecular flexibility index (Phi) is 3.75. The van der Waals surface area contributed by atoms with Crippen molar-refractivity contribution < 1.29 is 14.3 Å². The number of benzene rings is 2. The van der Waals surface area contributed by atoms with Crippen LogP contribution in [0.1, 0.15) is 15.9 Å². The van der Waals surface area contributed by atoms with Crippen LogP contribution in [0.5, 0.6) is 11.5 Å². The molecule has 5 rings (SSSR count). The Morgan fingerprint density at radius 2 is 1.89 bits per heavy atom. The maximum atomic E-state index is 12.4. The van der Waals surface area contributed by atoms with Gasteiger partial charge >= 0.3 is 0 Å². The molecule has 0 N–H and O–H groups in total. The zero-order chi connectivity index (χ0) is 18.4. The van der Waals surface area contributed by atoms with Gasteiger partial charge in [-0.1, -0.05) is 42.1 Å². The Balaban J connectivity index is 1.57. The second-order valence-corrected chi connectivity index (χ2v) is 7.25. The number of aryl methyl sites for hydroxylation is 1. The van der Waals surface area contributed by atoms with Crippen molar-refractivity contribution in [3.8, 4) is 11.5 Å². The van der Waals surface area contributed by atoms with Crippen LogP contribution >= 0.6 is 11.8 Å². The van der Waals surface area contributed by atoms with E-state index in [1.54, 1.807) is 0 Å². The number of pyridine rings is 1. The van der Waals surface area contributed by atoms with Gasteiger partial charge in [0.2, 0.25) is 6.79 Å². The molecular weight excluding hydrogens is 362 g/mol. The van der Waals surface area contributed by atoms with E-state index >= 15 is 0 Å². The highest BCUT2D eigenvalue weighted by Gasteiger charge is 2.19. The molecule has 3 heterocycles. The summed E-state index contributed by atoms with van der Waals surface area (Å²) in [4.78, 5) is 12.4. The summed E-state index contributed by atoms with van der Waals surface area (Å²) < 4.78 is 13.0. The third kappa shape index (κ3) is 2.71. The molecule has 1 aliphatic rings. The van der Waals surface area contributed by atoms with E-state index in [-0.39, 0.29) is 12.6 Å². The van der Waals surface area contributed by atoms with Gasteiger partial charge < -0.3 is 9.47 Å². The second-order valence-electron chi connectivity index (χ2n) is 6.31. The largest absolute Gasteiger partial charge is 0.454 e. The van der Waals surface area contributed by atoms with Gasteiger partial charge in [-0.25, -0.2) is 0 Å². The molecule has 6 nitrogen and oxygen atoms in total. The molecule has 0 saturated heterocycles. The van der Waals surface area contributed by atoms with E-state index < -0.39 is 0 Å². The molecule has 27 heavy (non-hydrogen) atoms. The minimum Gasteiger partial charge on any atom is -0.454 e. The summed E-state index contributed by atoms with van der Waals surface area (Å²) in [7, 11) is 0. The van der Waals surface area contributed by atoms with Crippen LogP contribution in [0.15, 0.2) is 53.7 Å². The molecule has 0 saturated carbocycles. The number of carbonyl (C=O) groups is 1. The number of nitrogens with zero attached hydrogens (tertiary/aromatic N) is 3. The van der Waals surface area contributed by atoms with Crippen molar-refractivity contribution in [2.45, 2.75) is 12.1 Å². The molecule has 7 heteroatoms. The summed E-state index contributed by atoms with van der Waals surface area (Å²) in [6.07, 6.45) is 0. The molecule has 0 fully saturated rings. The average Bonchev–Trinajstić information content (AvgIpc) is 3.32. The number of ether oxygens (including phenoxy) is 2.